The van der Waals surface area contributed by atoms with E-state index >= 15 is 0 Å². The summed E-state index contributed by atoms with van der Waals surface area (Å²) < 4.78 is 17.4. The van der Waals surface area contributed by atoms with Crippen LogP contribution in [0.3, 0.4) is 0 Å². The van der Waals surface area contributed by atoms with Crippen LogP contribution in [0.2, 0.25) is 0 Å². The molecule has 0 radical (unpaired) electrons. The summed E-state index contributed by atoms with van der Waals surface area (Å²) in [5.41, 5.74) is 5.33. The number of carboxylic acid groups (broad SMARTS) is 2. The molecular formula is C14H27N2O8P. The highest BCUT2D eigenvalue weighted by atomic mass is 31.2. The van der Waals surface area contributed by atoms with E-state index in [0.29, 0.717) is 19.4 Å². The second-order valence-corrected chi connectivity index (χ2v) is 7.83. The van der Waals surface area contributed by atoms with Gasteiger partial charge in [-0.2, -0.15) is 0 Å². The van der Waals surface area contributed by atoms with Crippen molar-refractivity contribution in [1.29, 1.82) is 0 Å². The van der Waals surface area contributed by atoms with Crippen LogP contribution in [0, 0.1) is 5.92 Å². The van der Waals surface area contributed by atoms with E-state index in [1.165, 1.54) is 0 Å². The Hall–Kier alpha value is -1.48. The summed E-state index contributed by atoms with van der Waals surface area (Å²) in [5.74, 6) is -5.17. The van der Waals surface area contributed by atoms with Gasteiger partial charge in [-0.05, 0) is 31.7 Å². The highest BCUT2D eigenvalue weighted by molar-refractivity contribution is 7.53. The molecule has 146 valence electrons. The first-order valence-electron chi connectivity index (χ1n) is 7.96. The van der Waals surface area contributed by atoms with Gasteiger partial charge in [0, 0.05) is 6.42 Å². The topological polar surface area (TPSA) is 176 Å². The van der Waals surface area contributed by atoms with E-state index in [-0.39, 0.29) is 12.8 Å². The fraction of sp³-hybridized carbons (Fsp3) is 0.786. The first kappa shape index (κ1) is 23.5. The van der Waals surface area contributed by atoms with Crippen LogP contribution < -0.4 is 11.1 Å². The quantitative estimate of drug-likeness (QED) is 0.227. The molecule has 3 atom stereocenters. The molecule has 0 aliphatic heterocycles. The average Bonchev–Trinajstić information content (AvgIpc) is 2.49. The maximum Gasteiger partial charge on any atom is 0.351 e. The number of carbonyl (C=O) groups is 3. The SMILES string of the molecule is CC(C)C(NC(=O)CCC(=O)O)P(=O)(O)O[C@@H](CCCCN)C(=O)O. The summed E-state index contributed by atoms with van der Waals surface area (Å²) >= 11 is 0. The first-order chi connectivity index (χ1) is 11.5. The van der Waals surface area contributed by atoms with Crippen LogP contribution in [0.15, 0.2) is 0 Å². The summed E-state index contributed by atoms with van der Waals surface area (Å²) in [7, 11) is -4.51. The van der Waals surface area contributed by atoms with E-state index in [1.54, 1.807) is 13.8 Å². The lowest BCUT2D eigenvalue weighted by molar-refractivity contribution is -0.146. The average molecular weight is 382 g/mol. The van der Waals surface area contributed by atoms with Crippen molar-refractivity contribution in [3.05, 3.63) is 0 Å². The summed E-state index contributed by atoms with van der Waals surface area (Å²) in [5, 5.41) is 20.0. The molecule has 0 aliphatic rings. The molecule has 11 heteroatoms. The zero-order valence-electron chi connectivity index (χ0n) is 14.4. The van der Waals surface area contributed by atoms with E-state index in [4.69, 9.17) is 20.5 Å². The van der Waals surface area contributed by atoms with Gasteiger partial charge >= 0.3 is 19.5 Å². The van der Waals surface area contributed by atoms with Crippen molar-refractivity contribution in [3.63, 3.8) is 0 Å². The minimum absolute atomic E-state index is 0.00879. The van der Waals surface area contributed by atoms with Crippen LogP contribution >= 0.6 is 7.60 Å². The maximum absolute atomic E-state index is 12.5. The van der Waals surface area contributed by atoms with Crippen molar-refractivity contribution >= 4 is 25.4 Å². The van der Waals surface area contributed by atoms with Crippen LogP contribution in [-0.2, 0) is 23.5 Å². The number of aliphatic carboxylic acids is 2. The monoisotopic (exact) mass is 382 g/mol. The minimum atomic E-state index is -4.51. The highest BCUT2D eigenvalue weighted by Gasteiger charge is 2.40. The fourth-order valence-electron chi connectivity index (χ4n) is 2.03. The molecule has 0 aromatic carbocycles. The van der Waals surface area contributed by atoms with Gasteiger partial charge in [-0.3, -0.25) is 18.7 Å². The molecule has 0 saturated carbocycles. The molecule has 25 heavy (non-hydrogen) atoms. The van der Waals surface area contributed by atoms with E-state index < -0.39 is 49.7 Å². The van der Waals surface area contributed by atoms with E-state index in [9.17, 15) is 23.8 Å². The Morgan fingerprint density at radius 3 is 2.20 bits per heavy atom. The standard InChI is InChI=1S/C14H27N2O8P/c1-9(2)13(16-11(17)6-7-12(18)19)25(22,23)24-10(14(20)21)5-3-4-8-15/h9-10,13H,3-8,15H2,1-2H3,(H,16,17)(H,18,19)(H,20,21)(H,22,23)/t10-,13?/m0/s1. The van der Waals surface area contributed by atoms with E-state index in [2.05, 4.69) is 5.32 Å². The van der Waals surface area contributed by atoms with Crippen molar-refractivity contribution in [3.8, 4) is 0 Å². The number of unbranched alkanes of at least 4 members (excludes halogenated alkanes) is 1. The van der Waals surface area contributed by atoms with Crippen LogP contribution in [0.1, 0.15) is 46.0 Å². The number of amides is 1. The van der Waals surface area contributed by atoms with Gasteiger partial charge in [0.15, 0.2) is 6.10 Å². The molecule has 0 spiro atoms. The zero-order chi connectivity index (χ0) is 19.6. The van der Waals surface area contributed by atoms with E-state index in [0.717, 1.165) is 0 Å². The number of hydrogen-bond donors (Lipinski definition) is 5. The molecule has 0 bridgehead atoms. The third kappa shape index (κ3) is 9.54. The largest absolute Gasteiger partial charge is 0.481 e. The van der Waals surface area contributed by atoms with Gasteiger partial charge in [-0.25, -0.2) is 4.79 Å². The van der Waals surface area contributed by atoms with Gasteiger partial charge in [0.1, 0.15) is 5.78 Å². The van der Waals surface area contributed by atoms with Crippen molar-refractivity contribution < 1.29 is 38.6 Å². The molecule has 0 aromatic heterocycles. The Morgan fingerprint density at radius 2 is 1.76 bits per heavy atom. The smallest absolute Gasteiger partial charge is 0.351 e. The molecule has 10 nitrogen and oxygen atoms in total. The highest BCUT2D eigenvalue weighted by Crippen LogP contribution is 2.50. The number of hydrogen-bond acceptors (Lipinski definition) is 6. The van der Waals surface area contributed by atoms with Gasteiger partial charge < -0.3 is 26.2 Å². The van der Waals surface area contributed by atoms with Gasteiger partial charge in [-0.1, -0.05) is 13.8 Å². The van der Waals surface area contributed by atoms with Gasteiger partial charge in [0.2, 0.25) is 5.91 Å². The summed E-state index contributed by atoms with van der Waals surface area (Å²) in [6.07, 6.45) is -1.33. The Kier molecular flexibility index (Phi) is 10.5. The van der Waals surface area contributed by atoms with Crippen molar-refractivity contribution in [1.82, 2.24) is 5.32 Å². The van der Waals surface area contributed by atoms with Crippen LogP contribution in [0.5, 0.6) is 0 Å². The third-order valence-electron chi connectivity index (χ3n) is 3.33. The van der Waals surface area contributed by atoms with Crippen molar-refractivity contribution in [2.45, 2.75) is 57.8 Å². The lowest BCUT2D eigenvalue weighted by atomic mass is 10.1. The molecule has 0 heterocycles. The second-order valence-electron chi connectivity index (χ2n) is 5.93. The molecule has 0 saturated heterocycles. The Morgan fingerprint density at radius 1 is 1.16 bits per heavy atom. The molecule has 0 rings (SSSR count). The summed E-state index contributed by atoms with van der Waals surface area (Å²) in [4.78, 5) is 43.6. The normalized spacial score (nSPS) is 16.0. The molecule has 2 unspecified atom stereocenters. The Bertz CT molecular complexity index is 511. The number of carbonyl (C=O) groups excluding carboxylic acids is 1. The minimum Gasteiger partial charge on any atom is -0.481 e. The van der Waals surface area contributed by atoms with E-state index in [1.807, 2.05) is 0 Å². The molecule has 0 fully saturated rings. The zero-order valence-corrected chi connectivity index (χ0v) is 15.3. The van der Waals surface area contributed by atoms with Crippen LogP contribution in [0.4, 0.5) is 0 Å². The number of nitrogens with one attached hydrogen (secondary N) is 1. The van der Waals surface area contributed by atoms with Gasteiger partial charge in [-0.15, -0.1) is 0 Å². The first-order valence-corrected chi connectivity index (χ1v) is 9.60. The number of carboxylic acids is 2. The van der Waals surface area contributed by atoms with Crippen molar-refractivity contribution in [2.24, 2.45) is 11.7 Å². The molecule has 0 aromatic rings. The number of rotatable bonds is 13. The van der Waals surface area contributed by atoms with Crippen molar-refractivity contribution in [2.75, 3.05) is 6.54 Å². The predicted octanol–water partition coefficient (Wildman–Crippen LogP) is 0.734. The molecule has 6 N–H and O–H groups in total. The Labute approximate surface area is 146 Å². The number of nitrogens with two attached hydrogens (primary N) is 1. The maximum atomic E-state index is 12.5. The lowest BCUT2D eigenvalue weighted by Gasteiger charge is -2.28. The van der Waals surface area contributed by atoms with Crippen LogP contribution in [-0.4, -0.2) is 51.4 Å². The predicted molar refractivity (Wildman–Crippen MR) is 88.9 cm³/mol. The molecular weight excluding hydrogens is 355 g/mol. The lowest BCUT2D eigenvalue weighted by Crippen LogP contribution is -2.40. The van der Waals surface area contributed by atoms with Crippen LogP contribution in [0.25, 0.3) is 0 Å². The van der Waals surface area contributed by atoms with Gasteiger partial charge in [0.05, 0.1) is 6.42 Å². The third-order valence-corrected chi connectivity index (χ3v) is 5.32. The molecule has 0 aliphatic carbocycles. The fourth-order valence-corrected chi connectivity index (χ4v) is 3.78. The molecule has 1 amide bonds. The van der Waals surface area contributed by atoms with Gasteiger partial charge in [0.25, 0.3) is 0 Å². The Balaban J connectivity index is 5.02. The summed E-state index contributed by atoms with van der Waals surface area (Å²) in [6, 6.07) is 0. The second kappa shape index (κ2) is 11.2. The summed E-state index contributed by atoms with van der Waals surface area (Å²) in [6.45, 7) is 3.47.